The standard InChI is InChI=1S/C12H19N3OS/c13-4-1-6-15(11-2-3-11)12(16)8-10-9-17-7-5-14-10/h10-11,14H,1-3,5-9H2. The summed E-state index contributed by atoms with van der Waals surface area (Å²) in [6.07, 6.45) is 3.28. The first kappa shape index (κ1) is 12.7. The Kier molecular flexibility index (Phi) is 4.69. The molecule has 0 bridgehead atoms. The van der Waals surface area contributed by atoms with Gasteiger partial charge >= 0.3 is 0 Å². The highest BCUT2D eigenvalue weighted by Gasteiger charge is 2.33. The lowest BCUT2D eigenvalue weighted by molar-refractivity contribution is -0.132. The van der Waals surface area contributed by atoms with Crippen LogP contribution in [0.3, 0.4) is 0 Å². The average molecular weight is 253 g/mol. The molecule has 1 aliphatic heterocycles. The maximum Gasteiger partial charge on any atom is 0.224 e. The van der Waals surface area contributed by atoms with Crippen LogP contribution in [0.25, 0.3) is 0 Å². The van der Waals surface area contributed by atoms with Crippen molar-refractivity contribution < 1.29 is 4.79 Å². The monoisotopic (exact) mass is 253 g/mol. The van der Waals surface area contributed by atoms with Crippen LogP contribution in [-0.4, -0.2) is 47.5 Å². The second-order valence-corrected chi connectivity index (χ2v) is 5.81. The fourth-order valence-electron chi connectivity index (χ4n) is 2.15. The molecule has 2 rings (SSSR count). The van der Waals surface area contributed by atoms with Gasteiger partial charge in [0.25, 0.3) is 0 Å². The van der Waals surface area contributed by atoms with E-state index in [1.54, 1.807) is 0 Å². The van der Waals surface area contributed by atoms with Gasteiger partial charge in [0.2, 0.25) is 5.91 Å². The molecule has 0 aromatic rings. The van der Waals surface area contributed by atoms with Crippen LogP contribution in [-0.2, 0) is 4.79 Å². The van der Waals surface area contributed by atoms with Gasteiger partial charge in [-0.3, -0.25) is 4.79 Å². The zero-order chi connectivity index (χ0) is 12.1. The van der Waals surface area contributed by atoms with E-state index in [4.69, 9.17) is 5.26 Å². The van der Waals surface area contributed by atoms with Gasteiger partial charge in [-0.05, 0) is 12.8 Å². The first-order valence-corrected chi connectivity index (χ1v) is 7.44. The van der Waals surface area contributed by atoms with E-state index in [9.17, 15) is 4.79 Å². The van der Waals surface area contributed by atoms with Crippen LogP contribution in [0.4, 0.5) is 0 Å². The predicted molar refractivity (Wildman–Crippen MR) is 68.7 cm³/mol. The van der Waals surface area contributed by atoms with Crippen molar-refractivity contribution >= 4 is 17.7 Å². The lowest BCUT2D eigenvalue weighted by Crippen LogP contribution is -2.43. The van der Waals surface area contributed by atoms with Gasteiger partial charge in [-0.15, -0.1) is 0 Å². The molecular formula is C12H19N3OS. The van der Waals surface area contributed by atoms with E-state index in [1.807, 2.05) is 16.7 Å². The minimum absolute atomic E-state index is 0.225. The van der Waals surface area contributed by atoms with Crippen molar-refractivity contribution in [3.63, 3.8) is 0 Å². The summed E-state index contributed by atoms with van der Waals surface area (Å²) in [6.45, 7) is 1.62. The molecule has 2 fully saturated rings. The van der Waals surface area contributed by atoms with E-state index in [2.05, 4.69) is 11.4 Å². The number of nitrogens with one attached hydrogen (secondary N) is 1. The Labute approximate surface area is 107 Å². The minimum Gasteiger partial charge on any atom is -0.339 e. The molecule has 1 N–H and O–H groups in total. The van der Waals surface area contributed by atoms with E-state index >= 15 is 0 Å². The summed E-state index contributed by atoms with van der Waals surface area (Å²) in [5.41, 5.74) is 0. The van der Waals surface area contributed by atoms with Crippen molar-refractivity contribution in [2.24, 2.45) is 0 Å². The first-order valence-electron chi connectivity index (χ1n) is 6.29. The summed E-state index contributed by atoms with van der Waals surface area (Å²) >= 11 is 1.91. The summed E-state index contributed by atoms with van der Waals surface area (Å²) in [7, 11) is 0. The normalized spacial score (nSPS) is 24.1. The van der Waals surface area contributed by atoms with Gasteiger partial charge in [0, 0.05) is 43.1 Å². The van der Waals surface area contributed by atoms with E-state index in [0.717, 1.165) is 30.9 Å². The molecule has 4 nitrogen and oxygen atoms in total. The molecule has 0 aromatic carbocycles. The van der Waals surface area contributed by atoms with E-state index in [0.29, 0.717) is 31.5 Å². The van der Waals surface area contributed by atoms with Crippen molar-refractivity contribution in [1.29, 1.82) is 5.26 Å². The third-order valence-corrected chi connectivity index (χ3v) is 4.32. The number of hydrogen-bond acceptors (Lipinski definition) is 4. The summed E-state index contributed by atoms with van der Waals surface area (Å²) < 4.78 is 0. The molecule has 1 unspecified atom stereocenters. The van der Waals surface area contributed by atoms with Gasteiger partial charge in [0.05, 0.1) is 12.5 Å². The second-order valence-electron chi connectivity index (χ2n) is 4.66. The van der Waals surface area contributed by atoms with E-state index in [1.165, 1.54) is 0 Å². The van der Waals surface area contributed by atoms with Crippen molar-refractivity contribution in [3.8, 4) is 6.07 Å². The Morgan fingerprint density at radius 1 is 1.53 bits per heavy atom. The maximum atomic E-state index is 12.2. The van der Waals surface area contributed by atoms with Gasteiger partial charge in [0.15, 0.2) is 0 Å². The zero-order valence-corrected chi connectivity index (χ0v) is 10.8. The predicted octanol–water partition coefficient (Wildman–Crippen LogP) is 0.986. The zero-order valence-electron chi connectivity index (χ0n) is 10.0. The maximum absolute atomic E-state index is 12.2. The topological polar surface area (TPSA) is 56.1 Å². The number of carbonyl (C=O) groups excluding carboxylic acids is 1. The Balaban J connectivity index is 1.80. The van der Waals surface area contributed by atoms with Crippen LogP contribution in [0.2, 0.25) is 0 Å². The minimum atomic E-state index is 0.225. The molecule has 2 aliphatic rings. The Hall–Kier alpha value is -0.730. The molecule has 1 aliphatic carbocycles. The average Bonchev–Trinajstić information content (AvgIpc) is 3.15. The highest BCUT2D eigenvalue weighted by Crippen LogP contribution is 2.28. The molecule has 1 saturated heterocycles. The summed E-state index contributed by atoms with van der Waals surface area (Å²) in [4.78, 5) is 14.1. The lowest BCUT2D eigenvalue weighted by Gasteiger charge is -2.27. The Morgan fingerprint density at radius 2 is 2.35 bits per heavy atom. The number of nitrogens with zero attached hydrogens (tertiary/aromatic N) is 2. The second kappa shape index (κ2) is 6.27. The largest absolute Gasteiger partial charge is 0.339 e. The number of carbonyl (C=O) groups is 1. The molecule has 0 spiro atoms. The van der Waals surface area contributed by atoms with Crippen LogP contribution in [0.15, 0.2) is 0 Å². The molecule has 1 amide bonds. The third-order valence-electron chi connectivity index (χ3n) is 3.19. The molecule has 1 atom stereocenters. The first-order chi connectivity index (χ1) is 8.31. The molecule has 0 aromatic heterocycles. The van der Waals surface area contributed by atoms with Gasteiger partial charge in [-0.1, -0.05) is 0 Å². The van der Waals surface area contributed by atoms with Crippen molar-refractivity contribution in [2.45, 2.75) is 37.8 Å². The Morgan fingerprint density at radius 3 is 2.94 bits per heavy atom. The number of rotatable bonds is 5. The molecule has 94 valence electrons. The molecule has 5 heteroatoms. The summed E-state index contributed by atoms with van der Waals surface area (Å²) in [5, 5.41) is 12.0. The number of hydrogen-bond donors (Lipinski definition) is 1. The van der Waals surface area contributed by atoms with Crippen LogP contribution in [0, 0.1) is 11.3 Å². The Bertz CT molecular complexity index is 305. The molecular weight excluding hydrogens is 234 g/mol. The SMILES string of the molecule is N#CCCN(C(=O)CC1CSCCN1)C1CC1. The highest BCUT2D eigenvalue weighted by atomic mass is 32.2. The molecule has 17 heavy (non-hydrogen) atoms. The molecule has 1 heterocycles. The van der Waals surface area contributed by atoms with E-state index < -0.39 is 0 Å². The molecule has 1 saturated carbocycles. The van der Waals surface area contributed by atoms with Gasteiger partial charge < -0.3 is 10.2 Å². The van der Waals surface area contributed by atoms with Gasteiger partial charge in [0.1, 0.15) is 0 Å². The van der Waals surface area contributed by atoms with Crippen molar-refractivity contribution in [2.75, 3.05) is 24.6 Å². The summed E-state index contributed by atoms with van der Waals surface area (Å²) in [5.74, 6) is 2.40. The quantitative estimate of drug-likeness (QED) is 0.794. The van der Waals surface area contributed by atoms with E-state index in [-0.39, 0.29) is 5.91 Å². The van der Waals surface area contributed by atoms with Crippen molar-refractivity contribution in [1.82, 2.24) is 10.2 Å². The number of thioether (sulfide) groups is 1. The van der Waals surface area contributed by atoms with Gasteiger partial charge in [-0.2, -0.15) is 17.0 Å². The third kappa shape index (κ3) is 3.90. The summed E-state index contributed by atoms with van der Waals surface area (Å²) in [6, 6.07) is 2.87. The molecule has 0 radical (unpaired) electrons. The highest BCUT2D eigenvalue weighted by molar-refractivity contribution is 7.99. The number of amides is 1. The fraction of sp³-hybridized carbons (Fsp3) is 0.833. The van der Waals surface area contributed by atoms with Crippen LogP contribution in [0.1, 0.15) is 25.7 Å². The fourth-order valence-corrected chi connectivity index (χ4v) is 3.10. The van der Waals surface area contributed by atoms with Gasteiger partial charge in [-0.25, -0.2) is 0 Å². The lowest BCUT2D eigenvalue weighted by atomic mass is 10.2. The smallest absolute Gasteiger partial charge is 0.224 e. The van der Waals surface area contributed by atoms with Crippen LogP contribution in [0.5, 0.6) is 0 Å². The van der Waals surface area contributed by atoms with Crippen LogP contribution >= 0.6 is 11.8 Å². The van der Waals surface area contributed by atoms with Crippen molar-refractivity contribution in [3.05, 3.63) is 0 Å². The number of nitriles is 1. The van der Waals surface area contributed by atoms with Crippen LogP contribution < -0.4 is 5.32 Å².